The van der Waals surface area contributed by atoms with Crippen molar-refractivity contribution in [2.24, 2.45) is 0 Å². The van der Waals surface area contributed by atoms with E-state index in [1.54, 1.807) is 0 Å². The lowest BCUT2D eigenvalue weighted by molar-refractivity contribution is 1.17. The quantitative estimate of drug-likeness (QED) is 0.154. The van der Waals surface area contributed by atoms with Crippen LogP contribution in [0, 0.1) is 0 Å². The van der Waals surface area contributed by atoms with Crippen molar-refractivity contribution >= 4 is 82.2 Å². The number of aromatic nitrogens is 2. The van der Waals surface area contributed by atoms with E-state index in [9.17, 15) is 0 Å². The first-order chi connectivity index (χ1) is 29.3. The van der Waals surface area contributed by atoms with Gasteiger partial charge in [-0.1, -0.05) is 140 Å². The van der Waals surface area contributed by atoms with E-state index in [0.717, 1.165) is 28.4 Å². The molecule has 0 radical (unpaired) electrons. The molecule has 2 aromatic heterocycles. The van der Waals surface area contributed by atoms with E-state index < -0.39 is 0 Å². The Labute approximate surface area is 341 Å². The van der Waals surface area contributed by atoms with Crippen molar-refractivity contribution in [3.63, 3.8) is 0 Å². The van der Waals surface area contributed by atoms with Gasteiger partial charge in [-0.3, -0.25) is 0 Å². The number of benzene rings is 10. The van der Waals surface area contributed by atoms with E-state index in [-0.39, 0.29) is 0 Å². The molecule has 0 bridgehead atoms. The molecule has 0 aliphatic carbocycles. The SMILES string of the molecule is c1ccc(-c2ccc(N(c3cccc(-n4c5ccccc5c5ccccc54)c3)c3ccc4c(ccc5cc6c7ccccc7n(-c7ccccc7)c6cc54)c3)cc2)cc1. The number of hydrogen-bond acceptors (Lipinski definition) is 1. The van der Waals surface area contributed by atoms with E-state index in [1.807, 2.05) is 0 Å². The first-order valence-electron chi connectivity index (χ1n) is 20.3. The van der Waals surface area contributed by atoms with Gasteiger partial charge in [0.1, 0.15) is 0 Å². The van der Waals surface area contributed by atoms with Crippen molar-refractivity contribution in [2.75, 3.05) is 4.90 Å². The monoisotopic (exact) mass is 751 g/mol. The Balaban J connectivity index is 1.05. The van der Waals surface area contributed by atoms with Gasteiger partial charge in [0.05, 0.1) is 22.1 Å². The summed E-state index contributed by atoms with van der Waals surface area (Å²) >= 11 is 0. The van der Waals surface area contributed by atoms with Gasteiger partial charge in [-0.05, 0) is 118 Å². The lowest BCUT2D eigenvalue weighted by Gasteiger charge is -2.27. The van der Waals surface area contributed by atoms with Crippen LogP contribution in [0.5, 0.6) is 0 Å². The van der Waals surface area contributed by atoms with Crippen molar-refractivity contribution in [2.45, 2.75) is 0 Å². The molecular weight excluding hydrogens is 715 g/mol. The van der Waals surface area contributed by atoms with Gasteiger partial charge >= 0.3 is 0 Å². The highest BCUT2D eigenvalue weighted by atomic mass is 15.1. The smallest absolute Gasteiger partial charge is 0.0547 e. The van der Waals surface area contributed by atoms with Gasteiger partial charge in [0.25, 0.3) is 0 Å². The molecule has 10 aromatic carbocycles. The van der Waals surface area contributed by atoms with Crippen LogP contribution in [0.4, 0.5) is 17.1 Å². The maximum atomic E-state index is 2.41. The van der Waals surface area contributed by atoms with Gasteiger partial charge in [0, 0.05) is 50.0 Å². The van der Waals surface area contributed by atoms with Crippen LogP contribution in [0.2, 0.25) is 0 Å². The summed E-state index contributed by atoms with van der Waals surface area (Å²) in [5, 5.41) is 9.95. The molecule has 2 heterocycles. The molecule has 0 N–H and O–H groups in total. The van der Waals surface area contributed by atoms with Crippen molar-refractivity contribution in [1.82, 2.24) is 9.13 Å². The molecule has 0 saturated heterocycles. The third kappa shape index (κ3) is 5.36. The predicted molar refractivity (Wildman–Crippen MR) is 250 cm³/mol. The van der Waals surface area contributed by atoms with Gasteiger partial charge in [-0.25, -0.2) is 0 Å². The third-order valence-corrected chi connectivity index (χ3v) is 12.0. The van der Waals surface area contributed by atoms with Gasteiger partial charge in [-0.2, -0.15) is 0 Å². The second-order valence-electron chi connectivity index (χ2n) is 15.4. The molecule has 59 heavy (non-hydrogen) atoms. The maximum Gasteiger partial charge on any atom is 0.0547 e. The Hall–Kier alpha value is -7.88. The summed E-state index contributed by atoms with van der Waals surface area (Å²) < 4.78 is 4.80. The number of fused-ring (bicyclic) bond motifs is 9. The molecule has 0 amide bonds. The largest absolute Gasteiger partial charge is 0.310 e. The van der Waals surface area contributed by atoms with Crippen LogP contribution in [0.3, 0.4) is 0 Å². The molecule has 276 valence electrons. The molecule has 12 aromatic rings. The van der Waals surface area contributed by atoms with E-state index >= 15 is 0 Å². The van der Waals surface area contributed by atoms with Crippen LogP contribution in [0.15, 0.2) is 224 Å². The second-order valence-corrected chi connectivity index (χ2v) is 15.4. The first kappa shape index (κ1) is 33.3. The molecule has 0 fully saturated rings. The highest BCUT2D eigenvalue weighted by Crippen LogP contribution is 2.42. The number of nitrogens with zero attached hydrogens (tertiary/aromatic N) is 3. The van der Waals surface area contributed by atoms with Crippen molar-refractivity contribution in [1.29, 1.82) is 0 Å². The Kier molecular flexibility index (Phi) is 7.54. The fourth-order valence-corrected chi connectivity index (χ4v) is 9.36. The van der Waals surface area contributed by atoms with Crippen LogP contribution < -0.4 is 4.90 Å². The molecule has 0 aliphatic heterocycles. The minimum Gasteiger partial charge on any atom is -0.310 e. The van der Waals surface area contributed by atoms with E-state index in [2.05, 4.69) is 238 Å². The van der Waals surface area contributed by atoms with Crippen LogP contribution in [0.1, 0.15) is 0 Å². The van der Waals surface area contributed by atoms with E-state index in [1.165, 1.54) is 76.3 Å². The fourth-order valence-electron chi connectivity index (χ4n) is 9.36. The lowest BCUT2D eigenvalue weighted by atomic mass is 9.99. The summed E-state index contributed by atoms with van der Waals surface area (Å²) in [7, 11) is 0. The Bertz CT molecular complexity index is 3490. The molecule has 12 rings (SSSR count). The summed E-state index contributed by atoms with van der Waals surface area (Å²) in [6.07, 6.45) is 0. The summed E-state index contributed by atoms with van der Waals surface area (Å²) in [4.78, 5) is 2.40. The molecule has 0 unspecified atom stereocenters. The standard InChI is InChI=1S/C56H37N3/c1-3-14-38(15-4-1)39-28-30-43(31-29-39)57(44-18-13-19-45(36-44)59-53-23-10-7-20-48(53)49-21-8-11-24-54(49)59)46-32-33-47-40(34-46)26-27-41-35-52-50-22-9-12-25-55(50)58(56(52)37-51(41)47)42-16-5-2-6-17-42/h1-37H. The molecule has 0 atom stereocenters. The normalized spacial score (nSPS) is 11.7. The fraction of sp³-hybridized carbons (Fsp3) is 0. The minimum atomic E-state index is 1.09. The van der Waals surface area contributed by atoms with Crippen molar-refractivity contribution < 1.29 is 0 Å². The number of anilines is 3. The topological polar surface area (TPSA) is 13.1 Å². The van der Waals surface area contributed by atoms with Gasteiger partial charge in [0.2, 0.25) is 0 Å². The van der Waals surface area contributed by atoms with Gasteiger partial charge in [-0.15, -0.1) is 0 Å². The second kappa shape index (κ2) is 13.4. The zero-order valence-corrected chi connectivity index (χ0v) is 32.2. The summed E-state index contributed by atoms with van der Waals surface area (Å²) in [6.45, 7) is 0. The number of rotatable bonds is 6. The maximum absolute atomic E-state index is 2.41. The number of hydrogen-bond donors (Lipinski definition) is 0. The molecule has 3 heteroatoms. The predicted octanol–water partition coefficient (Wildman–Crippen LogP) is 15.3. The van der Waals surface area contributed by atoms with Crippen LogP contribution >= 0.6 is 0 Å². The van der Waals surface area contributed by atoms with Crippen LogP contribution in [-0.4, -0.2) is 9.13 Å². The van der Waals surface area contributed by atoms with E-state index in [0.29, 0.717) is 0 Å². The van der Waals surface area contributed by atoms with Gasteiger partial charge in [0.15, 0.2) is 0 Å². The van der Waals surface area contributed by atoms with Crippen LogP contribution in [0.25, 0.3) is 87.7 Å². The average Bonchev–Trinajstić information content (AvgIpc) is 3.82. The highest BCUT2D eigenvalue weighted by Gasteiger charge is 2.19. The molecule has 0 aliphatic rings. The van der Waals surface area contributed by atoms with Crippen molar-refractivity contribution in [3.05, 3.63) is 224 Å². The molecular formula is C56H37N3. The Morgan fingerprint density at radius 3 is 1.44 bits per heavy atom. The zero-order chi connectivity index (χ0) is 38.9. The van der Waals surface area contributed by atoms with Gasteiger partial charge < -0.3 is 14.0 Å². The third-order valence-electron chi connectivity index (χ3n) is 12.0. The average molecular weight is 752 g/mol. The van der Waals surface area contributed by atoms with Crippen LogP contribution in [-0.2, 0) is 0 Å². The molecule has 0 spiro atoms. The van der Waals surface area contributed by atoms with Crippen molar-refractivity contribution in [3.8, 4) is 22.5 Å². The number of para-hydroxylation sites is 4. The minimum absolute atomic E-state index is 1.09. The first-order valence-corrected chi connectivity index (χ1v) is 20.3. The summed E-state index contributed by atoms with van der Waals surface area (Å²) in [6, 6.07) is 81.7. The van der Waals surface area contributed by atoms with E-state index in [4.69, 9.17) is 0 Å². The summed E-state index contributed by atoms with van der Waals surface area (Å²) in [5.74, 6) is 0. The Morgan fingerprint density at radius 1 is 0.254 bits per heavy atom. The molecule has 3 nitrogen and oxygen atoms in total. The molecule has 0 saturated carbocycles. The summed E-state index contributed by atoms with van der Waals surface area (Å²) in [5.41, 5.74) is 12.8. The highest BCUT2D eigenvalue weighted by molar-refractivity contribution is 6.18. The zero-order valence-electron chi connectivity index (χ0n) is 32.2. The Morgan fingerprint density at radius 2 is 0.763 bits per heavy atom. The lowest BCUT2D eigenvalue weighted by Crippen LogP contribution is -2.10.